The topological polar surface area (TPSA) is 63.4 Å². The van der Waals surface area contributed by atoms with E-state index in [-0.39, 0.29) is 10.9 Å². The van der Waals surface area contributed by atoms with Gasteiger partial charge in [-0.1, -0.05) is 29.6 Å². The van der Waals surface area contributed by atoms with Gasteiger partial charge in [0.25, 0.3) is 0 Å². The maximum Gasteiger partial charge on any atom is 0.243 e. The fourth-order valence-corrected chi connectivity index (χ4v) is 4.81. The van der Waals surface area contributed by atoms with Gasteiger partial charge in [0.2, 0.25) is 10.0 Å². The lowest BCUT2D eigenvalue weighted by atomic mass is 10.1. The van der Waals surface area contributed by atoms with Crippen molar-refractivity contribution in [1.82, 2.24) is 4.31 Å². The molecule has 0 radical (unpaired) electrons. The van der Waals surface area contributed by atoms with Crippen molar-refractivity contribution in [1.29, 1.82) is 0 Å². The average Bonchev–Trinajstić information content (AvgIpc) is 2.44. The molecule has 2 N–H and O–H groups in total. The first-order chi connectivity index (χ1) is 9.37. The van der Waals surface area contributed by atoms with Crippen LogP contribution in [0.2, 0.25) is 10.0 Å². The highest BCUT2D eigenvalue weighted by atomic mass is 35.5. The highest BCUT2D eigenvalue weighted by molar-refractivity contribution is 7.89. The fraction of sp³-hybridized carbons (Fsp3) is 0.538. The number of nitrogens with zero attached hydrogens (tertiary/aromatic N) is 1. The average molecular weight is 337 g/mol. The van der Waals surface area contributed by atoms with Crippen molar-refractivity contribution in [3.63, 3.8) is 0 Å². The molecule has 0 saturated carbocycles. The second kappa shape index (κ2) is 6.20. The number of nitrogens with two attached hydrogens (primary N) is 1. The Hall–Kier alpha value is -0.330. The quantitative estimate of drug-likeness (QED) is 0.922. The Morgan fingerprint density at radius 3 is 2.45 bits per heavy atom. The summed E-state index contributed by atoms with van der Waals surface area (Å²) in [5, 5.41) is 0.717. The number of hydrogen-bond acceptors (Lipinski definition) is 3. The molecule has 1 atom stereocenters. The minimum Gasteiger partial charge on any atom is -0.329 e. The van der Waals surface area contributed by atoms with Crippen molar-refractivity contribution in [3.05, 3.63) is 27.7 Å². The van der Waals surface area contributed by atoms with Gasteiger partial charge in [-0.25, -0.2) is 8.42 Å². The van der Waals surface area contributed by atoms with E-state index in [9.17, 15) is 8.42 Å². The van der Waals surface area contributed by atoms with Crippen LogP contribution in [0.25, 0.3) is 0 Å². The maximum atomic E-state index is 12.7. The molecular weight excluding hydrogens is 319 g/mol. The number of hydrogen-bond donors (Lipinski definition) is 1. The molecule has 112 valence electrons. The molecule has 1 saturated heterocycles. The molecule has 0 aliphatic carbocycles. The van der Waals surface area contributed by atoms with Gasteiger partial charge in [0.15, 0.2) is 0 Å². The van der Waals surface area contributed by atoms with E-state index in [1.807, 2.05) is 0 Å². The predicted octanol–water partition coefficient (Wildman–Crippen LogP) is 2.80. The number of rotatable bonds is 3. The van der Waals surface area contributed by atoms with Gasteiger partial charge >= 0.3 is 0 Å². The summed E-state index contributed by atoms with van der Waals surface area (Å²) in [7, 11) is -3.60. The summed E-state index contributed by atoms with van der Waals surface area (Å²) in [6, 6.07) is 2.77. The molecule has 0 amide bonds. The minimum absolute atomic E-state index is 0.137. The maximum absolute atomic E-state index is 12.7. The van der Waals surface area contributed by atoms with Crippen molar-refractivity contribution in [2.75, 3.05) is 13.1 Å². The largest absolute Gasteiger partial charge is 0.329 e. The van der Waals surface area contributed by atoms with Crippen molar-refractivity contribution >= 4 is 33.2 Å². The second-order valence-corrected chi connectivity index (χ2v) is 7.72. The molecule has 1 aliphatic heterocycles. The minimum atomic E-state index is -3.60. The Kier molecular flexibility index (Phi) is 4.97. The summed E-state index contributed by atoms with van der Waals surface area (Å²) < 4.78 is 26.9. The lowest BCUT2D eigenvalue weighted by Crippen LogP contribution is -2.47. The molecule has 1 fully saturated rings. The zero-order valence-electron chi connectivity index (χ0n) is 11.3. The van der Waals surface area contributed by atoms with Crippen LogP contribution in [0.15, 0.2) is 17.0 Å². The first kappa shape index (κ1) is 16.0. The lowest BCUT2D eigenvalue weighted by molar-refractivity contribution is 0.257. The molecule has 0 bridgehead atoms. The molecule has 1 aliphatic rings. The third-order valence-corrected chi connectivity index (χ3v) is 6.42. The van der Waals surface area contributed by atoms with Crippen LogP contribution in [-0.4, -0.2) is 31.9 Å². The van der Waals surface area contributed by atoms with Gasteiger partial charge in [-0.3, -0.25) is 0 Å². The highest BCUT2D eigenvalue weighted by Crippen LogP contribution is 2.31. The van der Waals surface area contributed by atoms with Crippen molar-refractivity contribution in [2.45, 2.75) is 37.1 Å². The van der Waals surface area contributed by atoms with Gasteiger partial charge in [-0.05, 0) is 37.5 Å². The molecule has 0 spiro atoms. The van der Waals surface area contributed by atoms with E-state index in [1.165, 1.54) is 16.4 Å². The zero-order chi connectivity index (χ0) is 14.9. The van der Waals surface area contributed by atoms with Crippen LogP contribution in [0.3, 0.4) is 0 Å². The number of benzene rings is 1. The number of piperidine rings is 1. The Bertz CT molecular complexity index is 581. The molecule has 1 aromatic carbocycles. The van der Waals surface area contributed by atoms with Gasteiger partial charge in [0.05, 0.1) is 4.90 Å². The number of sulfonamides is 1. The van der Waals surface area contributed by atoms with Gasteiger partial charge in [0, 0.05) is 29.2 Å². The van der Waals surface area contributed by atoms with E-state index in [0.29, 0.717) is 28.7 Å². The summed E-state index contributed by atoms with van der Waals surface area (Å²) >= 11 is 12.1. The van der Waals surface area contributed by atoms with E-state index in [0.717, 1.165) is 19.3 Å². The summed E-state index contributed by atoms with van der Waals surface area (Å²) in [6.45, 7) is 2.57. The summed E-state index contributed by atoms with van der Waals surface area (Å²) in [4.78, 5) is 0.137. The normalized spacial score (nSPS) is 21.1. The van der Waals surface area contributed by atoms with E-state index in [2.05, 4.69) is 0 Å². The first-order valence-electron chi connectivity index (χ1n) is 6.55. The molecule has 1 unspecified atom stereocenters. The third-order valence-electron chi connectivity index (χ3n) is 3.71. The Labute approximate surface area is 129 Å². The third kappa shape index (κ3) is 2.97. The Morgan fingerprint density at radius 1 is 1.30 bits per heavy atom. The van der Waals surface area contributed by atoms with Gasteiger partial charge < -0.3 is 5.73 Å². The van der Waals surface area contributed by atoms with E-state index in [1.54, 1.807) is 6.92 Å². The van der Waals surface area contributed by atoms with Crippen LogP contribution in [-0.2, 0) is 10.0 Å². The molecule has 7 heteroatoms. The molecular formula is C13H18Cl2N2O2S. The van der Waals surface area contributed by atoms with Crippen LogP contribution in [0.5, 0.6) is 0 Å². The first-order valence-corrected chi connectivity index (χ1v) is 8.75. The SMILES string of the molecule is Cc1c(Cl)cc(S(=O)(=O)N2CCCCC2CN)cc1Cl. The van der Waals surface area contributed by atoms with Gasteiger partial charge in [-0.15, -0.1) is 0 Å². The standard InChI is InChI=1S/C13H18Cl2N2O2S/c1-9-12(14)6-11(7-13(9)15)20(18,19)17-5-3-2-4-10(17)8-16/h6-7,10H,2-5,8,16H2,1H3. The molecule has 1 heterocycles. The molecule has 0 aromatic heterocycles. The van der Waals surface area contributed by atoms with Crippen LogP contribution < -0.4 is 5.73 Å². The molecule has 20 heavy (non-hydrogen) atoms. The van der Waals surface area contributed by atoms with Crippen LogP contribution in [0.1, 0.15) is 24.8 Å². The van der Waals surface area contributed by atoms with E-state index in [4.69, 9.17) is 28.9 Å². The Balaban J connectivity index is 2.44. The fourth-order valence-electron chi connectivity index (χ4n) is 2.43. The monoisotopic (exact) mass is 336 g/mol. The van der Waals surface area contributed by atoms with Crippen LogP contribution in [0.4, 0.5) is 0 Å². The highest BCUT2D eigenvalue weighted by Gasteiger charge is 2.33. The lowest BCUT2D eigenvalue weighted by Gasteiger charge is -2.34. The second-order valence-electron chi connectivity index (χ2n) is 5.01. The van der Waals surface area contributed by atoms with Gasteiger partial charge in [-0.2, -0.15) is 4.31 Å². The van der Waals surface area contributed by atoms with Crippen molar-refractivity contribution in [3.8, 4) is 0 Å². The zero-order valence-corrected chi connectivity index (χ0v) is 13.6. The van der Waals surface area contributed by atoms with E-state index >= 15 is 0 Å². The smallest absolute Gasteiger partial charge is 0.243 e. The Morgan fingerprint density at radius 2 is 1.90 bits per heavy atom. The van der Waals surface area contributed by atoms with Crippen molar-refractivity contribution < 1.29 is 8.42 Å². The summed E-state index contributed by atoms with van der Waals surface area (Å²) in [5.41, 5.74) is 6.38. The van der Waals surface area contributed by atoms with Gasteiger partial charge in [0.1, 0.15) is 0 Å². The van der Waals surface area contributed by atoms with E-state index < -0.39 is 10.0 Å². The number of halogens is 2. The summed E-state index contributed by atoms with van der Waals surface area (Å²) in [5.74, 6) is 0. The van der Waals surface area contributed by atoms with Crippen LogP contribution >= 0.6 is 23.2 Å². The predicted molar refractivity (Wildman–Crippen MR) is 81.8 cm³/mol. The molecule has 1 aromatic rings. The van der Waals surface area contributed by atoms with Crippen LogP contribution in [0, 0.1) is 6.92 Å². The van der Waals surface area contributed by atoms with Crippen molar-refractivity contribution in [2.24, 2.45) is 5.73 Å². The summed E-state index contributed by atoms with van der Waals surface area (Å²) in [6.07, 6.45) is 2.65. The molecule has 4 nitrogen and oxygen atoms in total. The molecule has 2 rings (SSSR count).